The van der Waals surface area contributed by atoms with Gasteiger partial charge in [-0.05, 0) is 35.6 Å². The van der Waals surface area contributed by atoms with Gasteiger partial charge in [0.15, 0.2) is 0 Å². The number of anilines is 1. The van der Waals surface area contributed by atoms with Gasteiger partial charge in [-0.3, -0.25) is 4.79 Å². The molecule has 27 heavy (non-hydrogen) atoms. The minimum atomic E-state index is -3.59. The van der Waals surface area contributed by atoms with Crippen LogP contribution >= 0.6 is 11.6 Å². The molecule has 5 nitrogen and oxygen atoms in total. The first kappa shape index (κ1) is 21.4. The number of hydrogen-bond acceptors (Lipinski definition) is 3. The molecule has 0 saturated carbocycles. The van der Waals surface area contributed by atoms with Crippen LogP contribution in [0.25, 0.3) is 0 Å². The van der Waals surface area contributed by atoms with Crippen molar-refractivity contribution in [3.05, 3.63) is 64.2 Å². The van der Waals surface area contributed by atoms with E-state index in [9.17, 15) is 13.2 Å². The minimum Gasteiger partial charge on any atom is -0.324 e. The summed E-state index contributed by atoms with van der Waals surface area (Å²) in [5.74, 6) is -0.155. The van der Waals surface area contributed by atoms with Crippen LogP contribution < -0.4 is 5.32 Å². The zero-order valence-electron chi connectivity index (χ0n) is 16.0. The van der Waals surface area contributed by atoms with Gasteiger partial charge in [0, 0.05) is 17.3 Å². The van der Waals surface area contributed by atoms with Crippen molar-refractivity contribution in [3.8, 4) is 0 Å². The average Bonchev–Trinajstić information content (AvgIpc) is 2.57. The lowest BCUT2D eigenvalue weighted by molar-refractivity contribution is -0.116. The van der Waals surface area contributed by atoms with Gasteiger partial charge in [0.25, 0.3) is 0 Å². The number of aryl methyl sites for hydroxylation is 1. The number of carbonyl (C=O) groups is 1. The molecule has 0 aliphatic rings. The third kappa shape index (κ3) is 5.79. The number of halogens is 1. The first-order chi connectivity index (χ1) is 12.6. The lowest BCUT2D eigenvalue weighted by Crippen LogP contribution is -2.37. The quantitative estimate of drug-likeness (QED) is 0.747. The van der Waals surface area contributed by atoms with Crippen LogP contribution in [0.1, 0.15) is 36.5 Å². The summed E-state index contributed by atoms with van der Waals surface area (Å²) in [6, 6.07) is 12.8. The molecule has 0 bridgehead atoms. The van der Waals surface area contributed by atoms with Gasteiger partial charge >= 0.3 is 0 Å². The minimum absolute atomic E-state index is 0.0384. The molecule has 0 heterocycles. The maximum absolute atomic E-state index is 12.6. The molecule has 0 saturated heterocycles. The highest BCUT2D eigenvalue weighted by Gasteiger charge is 2.22. The maximum Gasteiger partial charge on any atom is 0.239 e. The Bertz CT molecular complexity index is 927. The summed E-state index contributed by atoms with van der Waals surface area (Å²) in [7, 11) is -3.59. The molecular weight excluding hydrogens is 384 g/mol. The standard InChI is InChI=1S/C20H25ClN2O3S/c1-14(2)17-10-7-8-15(3)20(17)22-19(24)13-23(27(4,25)26)12-16-9-5-6-11-18(16)21/h5-11,14H,12-13H2,1-4H3,(H,22,24). The number of rotatable bonds is 7. The molecule has 0 atom stereocenters. The number of carbonyl (C=O) groups excluding carboxylic acids is 1. The largest absolute Gasteiger partial charge is 0.324 e. The monoisotopic (exact) mass is 408 g/mol. The van der Waals surface area contributed by atoms with Gasteiger partial charge in [-0.1, -0.05) is 61.8 Å². The molecule has 0 radical (unpaired) electrons. The van der Waals surface area contributed by atoms with E-state index in [0.717, 1.165) is 27.4 Å². The highest BCUT2D eigenvalue weighted by molar-refractivity contribution is 7.88. The Morgan fingerprint density at radius 3 is 2.41 bits per heavy atom. The van der Waals surface area contributed by atoms with E-state index >= 15 is 0 Å². The van der Waals surface area contributed by atoms with E-state index in [2.05, 4.69) is 5.32 Å². The van der Waals surface area contributed by atoms with E-state index < -0.39 is 10.0 Å². The van der Waals surface area contributed by atoms with Gasteiger partial charge in [0.1, 0.15) is 0 Å². The highest BCUT2D eigenvalue weighted by Crippen LogP contribution is 2.27. The van der Waals surface area contributed by atoms with Crippen molar-refractivity contribution >= 4 is 33.2 Å². The van der Waals surface area contributed by atoms with Gasteiger partial charge in [-0.25, -0.2) is 8.42 Å². The Balaban J connectivity index is 2.22. The van der Waals surface area contributed by atoms with E-state index in [1.165, 1.54) is 0 Å². The first-order valence-corrected chi connectivity index (χ1v) is 10.9. The molecule has 0 aliphatic carbocycles. The van der Waals surface area contributed by atoms with Gasteiger partial charge in [0.05, 0.1) is 12.8 Å². The zero-order valence-corrected chi connectivity index (χ0v) is 17.6. The molecule has 1 N–H and O–H groups in total. The number of nitrogens with zero attached hydrogens (tertiary/aromatic N) is 1. The summed E-state index contributed by atoms with van der Waals surface area (Å²) < 4.78 is 25.5. The Hall–Kier alpha value is -1.89. The third-order valence-corrected chi connectivity index (χ3v) is 5.85. The van der Waals surface area contributed by atoms with Crippen LogP contribution in [0.5, 0.6) is 0 Å². The first-order valence-electron chi connectivity index (χ1n) is 8.67. The molecule has 0 aromatic heterocycles. The van der Waals surface area contributed by atoms with Crippen LogP contribution in [-0.2, 0) is 21.4 Å². The summed E-state index contributed by atoms with van der Waals surface area (Å²) in [6.45, 7) is 5.77. The van der Waals surface area contributed by atoms with Crippen molar-refractivity contribution in [2.24, 2.45) is 0 Å². The molecule has 2 aromatic rings. The van der Waals surface area contributed by atoms with Crippen molar-refractivity contribution in [1.82, 2.24) is 4.31 Å². The van der Waals surface area contributed by atoms with Crippen molar-refractivity contribution in [2.45, 2.75) is 33.2 Å². The summed E-state index contributed by atoms with van der Waals surface area (Å²) in [5.41, 5.74) is 3.34. The van der Waals surface area contributed by atoms with E-state index in [-0.39, 0.29) is 24.9 Å². The number of sulfonamides is 1. The number of hydrogen-bond donors (Lipinski definition) is 1. The topological polar surface area (TPSA) is 66.5 Å². The van der Waals surface area contributed by atoms with Crippen molar-refractivity contribution in [3.63, 3.8) is 0 Å². The van der Waals surface area contributed by atoms with E-state index in [0.29, 0.717) is 10.6 Å². The van der Waals surface area contributed by atoms with E-state index in [1.807, 2.05) is 39.0 Å². The molecule has 2 rings (SSSR count). The van der Waals surface area contributed by atoms with Gasteiger partial charge < -0.3 is 5.32 Å². The van der Waals surface area contributed by atoms with Crippen molar-refractivity contribution < 1.29 is 13.2 Å². The summed E-state index contributed by atoms with van der Waals surface area (Å²) in [4.78, 5) is 12.6. The summed E-state index contributed by atoms with van der Waals surface area (Å²) >= 11 is 6.14. The lowest BCUT2D eigenvalue weighted by atomic mass is 9.98. The molecule has 7 heteroatoms. The molecule has 0 unspecified atom stereocenters. The Morgan fingerprint density at radius 2 is 1.81 bits per heavy atom. The number of benzene rings is 2. The normalized spacial score (nSPS) is 11.8. The fraction of sp³-hybridized carbons (Fsp3) is 0.350. The Kier molecular flexibility index (Phi) is 7.03. The van der Waals surface area contributed by atoms with Crippen LogP contribution in [0.4, 0.5) is 5.69 Å². The van der Waals surface area contributed by atoms with Gasteiger partial charge in [0.2, 0.25) is 15.9 Å². The molecule has 0 aliphatic heterocycles. The van der Waals surface area contributed by atoms with Crippen LogP contribution in [0.3, 0.4) is 0 Å². The van der Waals surface area contributed by atoms with Crippen molar-refractivity contribution in [1.29, 1.82) is 0 Å². The third-order valence-electron chi connectivity index (χ3n) is 4.28. The lowest BCUT2D eigenvalue weighted by Gasteiger charge is -2.22. The number of amides is 1. The van der Waals surface area contributed by atoms with Crippen molar-refractivity contribution in [2.75, 3.05) is 18.1 Å². The molecule has 146 valence electrons. The fourth-order valence-corrected chi connectivity index (χ4v) is 3.71. The fourth-order valence-electron chi connectivity index (χ4n) is 2.79. The van der Waals surface area contributed by atoms with Crippen LogP contribution in [-0.4, -0.2) is 31.4 Å². The van der Waals surface area contributed by atoms with Crippen LogP contribution in [0, 0.1) is 6.92 Å². The molecule has 1 amide bonds. The average molecular weight is 409 g/mol. The molecule has 0 fully saturated rings. The van der Waals surface area contributed by atoms with E-state index in [1.54, 1.807) is 24.3 Å². The smallest absolute Gasteiger partial charge is 0.239 e. The Labute approximate surface area is 166 Å². The molecule has 2 aromatic carbocycles. The Morgan fingerprint density at radius 1 is 1.15 bits per heavy atom. The highest BCUT2D eigenvalue weighted by atomic mass is 35.5. The number of para-hydroxylation sites is 1. The van der Waals surface area contributed by atoms with Crippen LogP contribution in [0.15, 0.2) is 42.5 Å². The SMILES string of the molecule is Cc1cccc(C(C)C)c1NC(=O)CN(Cc1ccccc1Cl)S(C)(=O)=O. The summed E-state index contributed by atoms with van der Waals surface area (Å²) in [5, 5.41) is 3.35. The van der Waals surface area contributed by atoms with Gasteiger partial charge in [-0.2, -0.15) is 4.31 Å². The second-order valence-electron chi connectivity index (χ2n) is 6.86. The van der Waals surface area contributed by atoms with E-state index in [4.69, 9.17) is 11.6 Å². The van der Waals surface area contributed by atoms with Gasteiger partial charge in [-0.15, -0.1) is 0 Å². The van der Waals surface area contributed by atoms with Crippen LogP contribution in [0.2, 0.25) is 5.02 Å². The molecular formula is C20H25ClN2O3S. The predicted octanol–water partition coefficient (Wildman–Crippen LogP) is 4.17. The number of nitrogens with one attached hydrogen (secondary N) is 1. The predicted molar refractivity (Wildman–Crippen MR) is 111 cm³/mol. The maximum atomic E-state index is 12.6. The second kappa shape index (κ2) is 8.87. The zero-order chi connectivity index (χ0) is 20.2. The molecule has 0 spiro atoms. The second-order valence-corrected chi connectivity index (χ2v) is 9.25. The summed E-state index contributed by atoms with van der Waals surface area (Å²) in [6.07, 6.45) is 1.09.